The second kappa shape index (κ2) is 5.36. The molecule has 0 aliphatic heterocycles. The van der Waals surface area contributed by atoms with Crippen LogP contribution in [0.25, 0.3) is 22.9 Å². The predicted octanol–water partition coefficient (Wildman–Crippen LogP) is 5.02. The van der Waals surface area contributed by atoms with Crippen LogP contribution in [0, 0.1) is 10.1 Å². The highest BCUT2D eigenvalue weighted by Gasteiger charge is 2.14. The monoisotopic (exact) mass is 301 g/mol. The van der Waals surface area contributed by atoms with Crippen LogP contribution in [-0.2, 0) is 12.8 Å². The summed E-state index contributed by atoms with van der Waals surface area (Å²) < 4.78 is 0. The molecular formula is C20H15NO2. The lowest BCUT2D eigenvalue weighted by molar-refractivity contribution is -0.384. The van der Waals surface area contributed by atoms with Crippen molar-refractivity contribution in [2.24, 2.45) is 0 Å². The molecule has 0 amide bonds. The molecule has 23 heavy (non-hydrogen) atoms. The Kier molecular flexibility index (Phi) is 3.19. The molecule has 0 fully saturated rings. The summed E-state index contributed by atoms with van der Waals surface area (Å²) in [6, 6.07) is 17.5. The van der Waals surface area contributed by atoms with Crippen molar-refractivity contribution in [1.82, 2.24) is 0 Å². The molecule has 0 radical (unpaired) electrons. The van der Waals surface area contributed by atoms with Crippen LogP contribution in [0.3, 0.4) is 0 Å². The van der Waals surface area contributed by atoms with Gasteiger partial charge in [0.1, 0.15) is 0 Å². The molecular weight excluding hydrogens is 286 g/mol. The number of benzene rings is 3. The predicted molar refractivity (Wildman–Crippen MR) is 93.4 cm³/mol. The van der Waals surface area contributed by atoms with E-state index in [2.05, 4.69) is 36.4 Å². The number of aryl methyl sites for hydroxylation is 2. The molecule has 0 atom stereocenters. The molecule has 0 saturated heterocycles. The lowest BCUT2D eigenvalue weighted by Crippen LogP contribution is -1.86. The SMILES string of the molecule is O=[N+]([O-])c1ccc(C=Cc2ccc3c4c(cccc24)CC3)cc1. The van der Waals surface area contributed by atoms with Gasteiger partial charge in [-0.25, -0.2) is 0 Å². The Morgan fingerprint density at radius 3 is 2.35 bits per heavy atom. The van der Waals surface area contributed by atoms with E-state index >= 15 is 0 Å². The first kappa shape index (κ1) is 13.7. The number of rotatable bonds is 3. The molecule has 112 valence electrons. The van der Waals surface area contributed by atoms with Crippen molar-refractivity contribution in [2.45, 2.75) is 12.8 Å². The fourth-order valence-corrected chi connectivity index (χ4v) is 3.31. The van der Waals surface area contributed by atoms with Gasteiger partial charge in [-0.15, -0.1) is 0 Å². The van der Waals surface area contributed by atoms with Gasteiger partial charge in [0.25, 0.3) is 5.69 Å². The van der Waals surface area contributed by atoms with Gasteiger partial charge in [-0.1, -0.05) is 42.5 Å². The summed E-state index contributed by atoms with van der Waals surface area (Å²) in [6.45, 7) is 0. The van der Waals surface area contributed by atoms with Gasteiger partial charge < -0.3 is 0 Å². The third kappa shape index (κ3) is 2.40. The maximum Gasteiger partial charge on any atom is 0.269 e. The second-order valence-corrected chi connectivity index (χ2v) is 5.84. The van der Waals surface area contributed by atoms with E-state index in [4.69, 9.17) is 0 Å². The number of nitro groups is 1. The van der Waals surface area contributed by atoms with Gasteiger partial charge >= 0.3 is 0 Å². The van der Waals surface area contributed by atoms with Crippen molar-refractivity contribution in [3.63, 3.8) is 0 Å². The van der Waals surface area contributed by atoms with Crippen molar-refractivity contribution in [2.75, 3.05) is 0 Å². The molecule has 0 unspecified atom stereocenters. The van der Waals surface area contributed by atoms with Crippen molar-refractivity contribution in [1.29, 1.82) is 0 Å². The van der Waals surface area contributed by atoms with Crippen molar-refractivity contribution < 1.29 is 4.92 Å². The third-order valence-electron chi connectivity index (χ3n) is 4.47. The molecule has 1 aliphatic rings. The minimum absolute atomic E-state index is 0.118. The van der Waals surface area contributed by atoms with Gasteiger partial charge in [0.2, 0.25) is 0 Å². The van der Waals surface area contributed by atoms with Crippen molar-refractivity contribution >= 4 is 28.6 Å². The fraction of sp³-hybridized carbons (Fsp3) is 0.100. The van der Waals surface area contributed by atoms with E-state index in [1.807, 2.05) is 6.08 Å². The molecule has 3 nitrogen and oxygen atoms in total. The molecule has 0 aromatic heterocycles. The topological polar surface area (TPSA) is 43.1 Å². The molecule has 1 aliphatic carbocycles. The third-order valence-corrected chi connectivity index (χ3v) is 4.47. The van der Waals surface area contributed by atoms with E-state index in [0.717, 1.165) is 18.4 Å². The zero-order chi connectivity index (χ0) is 15.8. The van der Waals surface area contributed by atoms with Crippen LogP contribution in [0.15, 0.2) is 54.6 Å². The number of nitrogens with zero attached hydrogens (tertiary/aromatic N) is 1. The highest BCUT2D eigenvalue weighted by atomic mass is 16.6. The first-order valence-electron chi connectivity index (χ1n) is 7.68. The first-order chi connectivity index (χ1) is 11.2. The quantitative estimate of drug-likeness (QED) is 0.387. The number of hydrogen-bond donors (Lipinski definition) is 0. The van der Waals surface area contributed by atoms with Gasteiger partial charge in [0.05, 0.1) is 4.92 Å². The summed E-state index contributed by atoms with van der Waals surface area (Å²) in [5.74, 6) is 0. The summed E-state index contributed by atoms with van der Waals surface area (Å²) in [7, 11) is 0. The van der Waals surface area contributed by atoms with E-state index in [1.165, 1.54) is 39.6 Å². The molecule has 0 bridgehead atoms. The van der Waals surface area contributed by atoms with Gasteiger partial charge in [0, 0.05) is 12.1 Å². The lowest BCUT2D eigenvalue weighted by Gasteiger charge is -2.05. The van der Waals surface area contributed by atoms with E-state index in [0.29, 0.717) is 0 Å². The average Bonchev–Trinajstić information content (AvgIpc) is 3.00. The lowest BCUT2D eigenvalue weighted by atomic mass is 9.99. The smallest absolute Gasteiger partial charge is 0.258 e. The van der Waals surface area contributed by atoms with Crippen LogP contribution in [0.4, 0.5) is 5.69 Å². The van der Waals surface area contributed by atoms with Crippen LogP contribution in [0.1, 0.15) is 22.3 Å². The Morgan fingerprint density at radius 2 is 1.61 bits per heavy atom. The number of nitro benzene ring substituents is 1. The highest BCUT2D eigenvalue weighted by Crippen LogP contribution is 2.33. The molecule has 4 rings (SSSR count). The molecule has 3 heteroatoms. The maximum absolute atomic E-state index is 10.7. The van der Waals surface area contributed by atoms with Gasteiger partial charge in [-0.05, 0) is 58.0 Å². The van der Waals surface area contributed by atoms with Crippen molar-refractivity contribution in [3.8, 4) is 0 Å². The summed E-state index contributed by atoms with van der Waals surface area (Å²) >= 11 is 0. The second-order valence-electron chi connectivity index (χ2n) is 5.84. The molecule has 0 N–H and O–H groups in total. The fourth-order valence-electron chi connectivity index (χ4n) is 3.31. The zero-order valence-corrected chi connectivity index (χ0v) is 12.5. The molecule has 3 aromatic carbocycles. The van der Waals surface area contributed by atoms with Gasteiger partial charge in [0.15, 0.2) is 0 Å². The number of non-ortho nitro benzene ring substituents is 1. The van der Waals surface area contributed by atoms with Crippen LogP contribution >= 0.6 is 0 Å². The van der Waals surface area contributed by atoms with Crippen LogP contribution in [-0.4, -0.2) is 4.92 Å². The van der Waals surface area contributed by atoms with Crippen LogP contribution in [0.5, 0.6) is 0 Å². The molecule has 0 spiro atoms. The van der Waals surface area contributed by atoms with E-state index in [1.54, 1.807) is 12.1 Å². The Hall–Kier alpha value is -2.94. The Morgan fingerprint density at radius 1 is 0.870 bits per heavy atom. The summed E-state index contributed by atoms with van der Waals surface area (Å²) in [5.41, 5.74) is 5.13. The molecule has 3 aromatic rings. The van der Waals surface area contributed by atoms with Gasteiger partial charge in [-0.3, -0.25) is 10.1 Å². The van der Waals surface area contributed by atoms with E-state index in [9.17, 15) is 10.1 Å². The standard InChI is InChI=1S/C20H15NO2/c22-21(23)18-12-5-14(6-13-18)4-7-15-8-9-17-11-10-16-2-1-3-19(15)20(16)17/h1-9,12-13H,10-11H2. The largest absolute Gasteiger partial charge is 0.269 e. The Bertz CT molecular complexity index is 930. The zero-order valence-electron chi connectivity index (χ0n) is 12.5. The minimum Gasteiger partial charge on any atom is -0.258 e. The average molecular weight is 301 g/mol. The van der Waals surface area contributed by atoms with Crippen molar-refractivity contribution in [3.05, 3.63) is 87.0 Å². The van der Waals surface area contributed by atoms with Gasteiger partial charge in [-0.2, -0.15) is 0 Å². The van der Waals surface area contributed by atoms with E-state index in [-0.39, 0.29) is 10.6 Å². The maximum atomic E-state index is 10.7. The number of hydrogen-bond acceptors (Lipinski definition) is 2. The Labute approximate surface area is 134 Å². The highest BCUT2D eigenvalue weighted by molar-refractivity contribution is 5.98. The Balaban J connectivity index is 1.72. The molecule has 0 heterocycles. The summed E-state index contributed by atoms with van der Waals surface area (Å²) in [4.78, 5) is 10.3. The summed E-state index contributed by atoms with van der Waals surface area (Å²) in [5, 5.41) is 13.4. The van der Waals surface area contributed by atoms with Crippen LogP contribution < -0.4 is 0 Å². The first-order valence-corrected chi connectivity index (χ1v) is 7.68. The normalized spacial score (nSPS) is 13.0. The minimum atomic E-state index is -0.378. The molecule has 0 saturated carbocycles. The summed E-state index contributed by atoms with van der Waals surface area (Å²) in [6.07, 6.45) is 6.34. The van der Waals surface area contributed by atoms with E-state index < -0.39 is 0 Å². The van der Waals surface area contributed by atoms with Crippen LogP contribution in [0.2, 0.25) is 0 Å².